The summed E-state index contributed by atoms with van der Waals surface area (Å²) in [4.78, 5) is 0.326. The van der Waals surface area contributed by atoms with Crippen molar-refractivity contribution in [2.75, 3.05) is 5.32 Å². The van der Waals surface area contributed by atoms with Gasteiger partial charge in [0.2, 0.25) is 0 Å². The van der Waals surface area contributed by atoms with Crippen LogP contribution in [0.2, 0.25) is 0 Å². The molecule has 0 atom stereocenters. The van der Waals surface area contributed by atoms with Gasteiger partial charge in [-0.3, -0.25) is 0 Å². The summed E-state index contributed by atoms with van der Waals surface area (Å²) in [7, 11) is 0. The molecule has 0 spiro atoms. The number of aryl methyl sites for hydroxylation is 3. The Hall–Kier alpha value is -2.01. The largest absolute Gasteiger partial charge is 0.389 e. The van der Waals surface area contributed by atoms with Gasteiger partial charge in [0, 0.05) is 5.69 Å². The highest BCUT2D eigenvalue weighted by atomic mass is 32.1. The summed E-state index contributed by atoms with van der Waals surface area (Å²) in [5, 5.41) is 11.6. The molecular formula is C15H18N4S. The molecule has 2 aromatic rings. The zero-order valence-corrected chi connectivity index (χ0v) is 12.9. The molecule has 3 N–H and O–H groups in total. The maximum Gasteiger partial charge on any atom is 0.163 e. The summed E-state index contributed by atoms with van der Waals surface area (Å²) in [6.45, 7) is 7.99. The second-order valence-electron chi connectivity index (χ2n) is 4.92. The van der Waals surface area contributed by atoms with E-state index in [0.717, 1.165) is 22.5 Å². The number of anilines is 2. The van der Waals surface area contributed by atoms with E-state index >= 15 is 0 Å². The summed E-state index contributed by atoms with van der Waals surface area (Å²) in [6.07, 6.45) is 0. The van der Waals surface area contributed by atoms with Crippen LogP contribution in [0.3, 0.4) is 0 Å². The maximum absolute atomic E-state index is 5.82. The van der Waals surface area contributed by atoms with Gasteiger partial charge in [-0.05, 0) is 56.5 Å². The van der Waals surface area contributed by atoms with Crippen LogP contribution in [-0.4, -0.2) is 15.2 Å². The van der Waals surface area contributed by atoms with Crippen molar-refractivity contribution in [2.24, 2.45) is 5.73 Å². The van der Waals surface area contributed by atoms with Gasteiger partial charge in [-0.1, -0.05) is 18.3 Å². The van der Waals surface area contributed by atoms with E-state index in [4.69, 9.17) is 18.0 Å². The van der Waals surface area contributed by atoms with Crippen molar-refractivity contribution >= 4 is 28.7 Å². The number of thiocarbonyl (C=S) groups is 1. The quantitative estimate of drug-likeness (QED) is 0.849. The van der Waals surface area contributed by atoms with Gasteiger partial charge in [0.25, 0.3) is 0 Å². The lowest BCUT2D eigenvalue weighted by Crippen LogP contribution is -2.16. The third-order valence-electron chi connectivity index (χ3n) is 3.47. The number of nitrogens with two attached hydrogens (primary N) is 1. The van der Waals surface area contributed by atoms with Crippen LogP contribution in [0, 0.1) is 27.7 Å². The molecule has 5 heteroatoms. The molecule has 0 saturated carbocycles. The number of benzene rings is 1. The first kappa shape index (κ1) is 14.4. The van der Waals surface area contributed by atoms with Crippen LogP contribution in [0.15, 0.2) is 18.2 Å². The highest BCUT2D eigenvalue weighted by Crippen LogP contribution is 2.23. The lowest BCUT2D eigenvalue weighted by molar-refractivity contribution is 0.963. The maximum atomic E-state index is 5.82. The van der Waals surface area contributed by atoms with Crippen molar-refractivity contribution in [3.05, 3.63) is 46.1 Å². The summed E-state index contributed by atoms with van der Waals surface area (Å²) in [6, 6.07) is 6.13. The minimum absolute atomic E-state index is 0.326. The standard InChI is InChI=1S/C15H18N4S/c1-8-5-6-12(7-9(8)2)17-15-13(14(16)20)10(3)11(4)18-19-15/h5-7H,1-4H3,(H2,16,20)(H,17,19). The van der Waals surface area contributed by atoms with Crippen LogP contribution in [0.1, 0.15) is 27.9 Å². The summed E-state index contributed by atoms with van der Waals surface area (Å²) in [5.41, 5.74) is 11.8. The van der Waals surface area contributed by atoms with Gasteiger partial charge in [0.05, 0.1) is 11.3 Å². The fourth-order valence-corrected chi connectivity index (χ4v) is 2.20. The van der Waals surface area contributed by atoms with Gasteiger partial charge in [0.1, 0.15) is 4.99 Å². The van der Waals surface area contributed by atoms with E-state index in [1.165, 1.54) is 11.1 Å². The average molecular weight is 286 g/mol. The van der Waals surface area contributed by atoms with E-state index < -0.39 is 0 Å². The van der Waals surface area contributed by atoms with E-state index in [2.05, 4.69) is 41.5 Å². The van der Waals surface area contributed by atoms with Gasteiger partial charge in [-0.15, -0.1) is 5.10 Å². The first-order valence-corrected chi connectivity index (χ1v) is 6.79. The second kappa shape index (κ2) is 5.54. The van der Waals surface area contributed by atoms with E-state index in [1.807, 2.05) is 19.9 Å². The SMILES string of the molecule is Cc1ccc(Nc2nnc(C)c(C)c2C(N)=S)cc1C. The minimum Gasteiger partial charge on any atom is -0.389 e. The number of hydrogen-bond acceptors (Lipinski definition) is 4. The fraction of sp³-hybridized carbons (Fsp3) is 0.267. The van der Waals surface area contributed by atoms with Crippen molar-refractivity contribution in [3.8, 4) is 0 Å². The summed E-state index contributed by atoms with van der Waals surface area (Å²) in [5.74, 6) is 0.601. The Morgan fingerprint density at radius 1 is 1.10 bits per heavy atom. The van der Waals surface area contributed by atoms with Crippen molar-refractivity contribution < 1.29 is 0 Å². The molecule has 1 heterocycles. The van der Waals surface area contributed by atoms with Crippen molar-refractivity contribution in [1.82, 2.24) is 10.2 Å². The zero-order valence-electron chi connectivity index (χ0n) is 12.1. The Labute approximate surface area is 124 Å². The summed E-state index contributed by atoms with van der Waals surface area (Å²) < 4.78 is 0. The van der Waals surface area contributed by atoms with Crippen molar-refractivity contribution in [2.45, 2.75) is 27.7 Å². The molecule has 0 fully saturated rings. The van der Waals surface area contributed by atoms with E-state index in [-0.39, 0.29) is 0 Å². The van der Waals surface area contributed by atoms with Gasteiger partial charge in [0.15, 0.2) is 5.82 Å². The Morgan fingerprint density at radius 2 is 1.80 bits per heavy atom. The van der Waals surface area contributed by atoms with Crippen LogP contribution in [0.25, 0.3) is 0 Å². The number of aromatic nitrogens is 2. The van der Waals surface area contributed by atoms with Crippen LogP contribution in [0.5, 0.6) is 0 Å². The molecular weight excluding hydrogens is 268 g/mol. The van der Waals surface area contributed by atoms with Crippen LogP contribution in [-0.2, 0) is 0 Å². The van der Waals surface area contributed by atoms with Gasteiger partial charge < -0.3 is 11.1 Å². The first-order valence-electron chi connectivity index (χ1n) is 6.38. The predicted molar refractivity (Wildman–Crippen MR) is 86.6 cm³/mol. The molecule has 1 aromatic carbocycles. The zero-order chi connectivity index (χ0) is 14.9. The Bertz CT molecular complexity index is 680. The second-order valence-corrected chi connectivity index (χ2v) is 5.36. The van der Waals surface area contributed by atoms with E-state index in [1.54, 1.807) is 0 Å². The number of nitrogens with zero attached hydrogens (tertiary/aromatic N) is 2. The molecule has 0 radical (unpaired) electrons. The Kier molecular flexibility index (Phi) is 3.99. The summed E-state index contributed by atoms with van der Waals surface area (Å²) >= 11 is 5.13. The molecule has 0 bridgehead atoms. The molecule has 104 valence electrons. The van der Waals surface area contributed by atoms with Gasteiger partial charge in [-0.25, -0.2) is 0 Å². The molecule has 0 aliphatic heterocycles. The molecule has 20 heavy (non-hydrogen) atoms. The fourth-order valence-electron chi connectivity index (χ4n) is 1.95. The highest BCUT2D eigenvalue weighted by Gasteiger charge is 2.13. The first-order chi connectivity index (χ1) is 9.40. The molecule has 0 saturated heterocycles. The highest BCUT2D eigenvalue weighted by molar-refractivity contribution is 7.80. The molecule has 0 amide bonds. The topological polar surface area (TPSA) is 63.8 Å². The average Bonchev–Trinajstić information content (AvgIpc) is 2.38. The number of nitrogens with one attached hydrogen (secondary N) is 1. The van der Waals surface area contributed by atoms with Crippen LogP contribution < -0.4 is 11.1 Å². The molecule has 0 aliphatic rings. The monoisotopic (exact) mass is 286 g/mol. The van der Waals surface area contributed by atoms with Crippen molar-refractivity contribution in [3.63, 3.8) is 0 Å². The minimum atomic E-state index is 0.326. The van der Waals surface area contributed by atoms with Crippen LogP contribution in [0.4, 0.5) is 11.5 Å². The Morgan fingerprint density at radius 3 is 2.40 bits per heavy atom. The molecule has 4 nitrogen and oxygen atoms in total. The molecule has 2 rings (SSSR count). The molecule has 1 aromatic heterocycles. The van der Waals surface area contributed by atoms with Crippen molar-refractivity contribution in [1.29, 1.82) is 0 Å². The van der Waals surface area contributed by atoms with Gasteiger partial charge in [-0.2, -0.15) is 5.10 Å². The normalized spacial score (nSPS) is 10.4. The van der Waals surface area contributed by atoms with Gasteiger partial charge >= 0.3 is 0 Å². The third kappa shape index (κ3) is 2.77. The smallest absolute Gasteiger partial charge is 0.163 e. The number of rotatable bonds is 3. The molecule has 0 unspecified atom stereocenters. The third-order valence-corrected chi connectivity index (χ3v) is 3.67. The van der Waals surface area contributed by atoms with Crippen LogP contribution >= 0.6 is 12.2 Å². The molecule has 0 aliphatic carbocycles. The lowest BCUT2D eigenvalue weighted by Gasteiger charge is -2.14. The lowest BCUT2D eigenvalue weighted by atomic mass is 10.1. The van der Waals surface area contributed by atoms with E-state index in [9.17, 15) is 0 Å². The predicted octanol–water partition coefficient (Wildman–Crippen LogP) is 3.09. The van der Waals surface area contributed by atoms with E-state index in [0.29, 0.717) is 10.8 Å². The Balaban J connectivity index is 2.45. The number of hydrogen-bond donors (Lipinski definition) is 2.